The molecule has 1 aliphatic rings. The summed E-state index contributed by atoms with van der Waals surface area (Å²) in [4.78, 5) is 20.5. The molecule has 2 N–H and O–H groups in total. The Balaban J connectivity index is 1.77. The van der Waals surface area contributed by atoms with Crippen LogP contribution in [0.4, 0.5) is 5.95 Å². The Kier molecular flexibility index (Phi) is 6.25. The van der Waals surface area contributed by atoms with Crippen LogP contribution in [-0.4, -0.2) is 52.7 Å². The van der Waals surface area contributed by atoms with Crippen LogP contribution in [0.2, 0.25) is 0 Å². The van der Waals surface area contributed by atoms with E-state index in [-0.39, 0.29) is 5.91 Å². The van der Waals surface area contributed by atoms with Crippen LogP contribution < -0.4 is 10.6 Å². The maximum Gasteiger partial charge on any atom is 0.252 e. The third kappa shape index (κ3) is 4.57. The number of thioether (sulfide) groups is 1. The summed E-state index contributed by atoms with van der Waals surface area (Å²) in [6, 6.07) is 1.76. The summed E-state index contributed by atoms with van der Waals surface area (Å²) in [7, 11) is 0. The summed E-state index contributed by atoms with van der Waals surface area (Å²) in [6.07, 6.45) is 4.93. The van der Waals surface area contributed by atoms with Crippen molar-refractivity contribution in [3.63, 3.8) is 0 Å². The van der Waals surface area contributed by atoms with Crippen LogP contribution in [0.5, 0.6) is 0 Å². The van der Waals surface area contributed by atoms with Gasteiger partial charge in [0.1, 0.15) is 5.60 Å². The van der Waals surface area contributed by atoms with Crippen LogP contribution in [0.3, 0.4) is 0 Å². The zero-order chi connectivity index (χ0) is 15.0. The van der Waals surface area contributed by atoms with Crippen LogP contribution in [0, 0.1) is 0 Å². The van der Waals surface area contributed by atoms with E-state index in [9.17, 15) is 4.79 Å². The number of hydrogen-bond donors (Lipinski definition) is 2. The van der Waals surface area contributed by atoms with Crippen molar-refractivity contribution < 1.29 is 9.53 Å². The van der Waals surface area contributed by atoms with Gasteiger partial charge < -0.3 is 15.4 Å². The second kappa shape index (κ2) is 8.19. The Morgan fingerprint density at radius 2 is 2.05 bits per heavy atom. The normalized spacial score (nSPS) is 17.2. The van der Waals surface area contributed by atoms with Crippen molar-refractivity contribution >= 4 is 23.6 Å². The average Bonchev–Trinajstić information content (AvgIpc) is 2.53. The molecule has 116 valence electrons. The molecule has 0 unspecified atom stereocenters. The number of carbonyl (C=O) groups excluding carboxylic acids is 1. The number of nitrogens with zero attached hydrogens (tertiary/aromatic N) is 2. The van der Waals surface area contributed by atoms with E-state index in [1.165, 1.54) is 0 Å². The maximum atomic E-state index is 12.4. The first-order valence-corrected chi connectivity index (χ1v) is 8.43. The lowest BCUT2D eigenvalue weighted by molar-refractivity contribution is -0.147. The predicted molar refractivity (Wildman–Crippen MR) is 84.4 cm³/mol. The third-order valence-electron chi connectivity index (χ3n) is 3.39. The first kappa shape index (κ1) is 16.0. The molecule has 1 aromatic rings. The zero-order valence-corrected chi connectivity index (χ0v) is 13.1. The molecule has 0 aromatic carbocycles. The van der Waals surface area contributed by atoms with Crippen molar-refractivity contribution in [1.29, 1.82) is 0 Å². The summed E-state index contributed by atoms with van der Waals surface area (Å²) >= 11 is 1.88. The molecule has 21 heavy (non-hydrogen) atoms. The second-order valence-corrected chi connectivity index (χ2v) is 6.02. The largest absolute Gasteiger partial charge is 0.365 e. The number of ether oxygens (including phenoxy) is 1. The molecule has 1 fully saturated rings. The fraction of sp³-hybridized carbons (Fsp3) is 0.643. The molecule has 1 aliphatic heterocycles. The van der Waals surface area contributed by atoms with Crippen LogP contribution in [-0.2, 0) is 9.53 Å². The van der Waals surface area contributed by atoms with Gasteiger partial charge in [-0.3, -0.25) is 4.79 Å². The minimum atomic E-state index is -0.636. The maximum absolute atomic E-state index is 12.4. The Morgan fingerprint density at radius 1 is 1.33 bits per heavy atom. The summed E-state index contributed by atoms with van der Waals surface area (Å²) < 4.78 is 5.78. The van der Waals surface area contributed by atoms with Gasteiger partial charge in [0.25, 0.3) is 5.91 Å². The summed E-state index contributed by atoms with van der Waals surface area (Å²) in [5.41, 5.74) is -0.636. The molecule has 0 radical (unpaired) electrons. The van der Waals surface area contributed by atoms with Gasteiger partial charge >= 0.3 is 0 Å². The Morgan fingerprint density at radius 3 is 2.71 bits per heavy atom. The van der Waals surface area contributed by atoms with Crippen molar-refractivity contribution in [3.8, 4) is 0 Å². The lowest BCUT2D eigenvalue weighted by Crippen LogP contribution is -2.52. The van der Waals surface area contributed by atoms with Gasteiger partial charge in [0.2, 0.25) is 5.95 Å². The van der Waals surface area contributed by atoms with Crippen LogP contribution in [0.1, 0.15) is 19.8 Å². The van der Waals surface area contributed by atoms with Gasteiger partial charge in [-0.15, -0.1) is 0 Å². The average molecular weight is 310 g/mol. The number of nitrogens with one attached hydrogen (secondary N) is 2. The lowest BCUT2D eigenvalue weighted by Gasteiger charge is -2.35. The van der Waals surface area contributed by atoms with E-state index < -0.39 is 5.60 Å². The number of carbonyl (C=O) groups is 1. The number of amides is 1. The minimum absolute atomic E-state index is 0.000398. The van der Waals surface area contributed by atoms with Crippen molar-refractivity contribution in [2.45, 2.75) is 25.4 Å². The minimum Gasteiger partial charge on any atom is -0.365 e. The first-order valence-electron chi connectivity index (χ1n) is 7.28. The molecule has 0 spiro atoms. The Hall–Kier alpha value is -1.34. The number of anilines is 1. The Labute approximate surface area is 129 Å². The zero-order valence-electron chi connectivity index (χ0n) is 12.3. The molecule has 0 bridgehead atoms. The van der Waals surface area contributed by atoms with Crippen LogP contribution in [0.15, 0.2) is 18.5 Å². The molecule has 0 saturated carbocycles. The number of hydrogen-bond acceptors (Lipinski definition) is 6. The molecule has 7 heteroatoms. The summed E-state index contributed by atoms with van der Waals surface area (Å²) in [5.74, 6) is 2.52. The van der Waals surface area contributed by atoms with Crippen LogP contribution >= 0.6 is 11.8 Å². The molecular weight excluding hydrogens is 288 g/mol. The van der Waals surface area contributed by atoms with E-state index in [0.717, 1.165) is 24.3 Å². The van der Waals surface area contributed by atoms with Gasteiger partial charge in [0.05, 0.1) is 0 Å². The first-order chi connectivity index (χ1) is 10.3. The van der Waals surface area contributed by atoms with Crippen molar-refractivity contribution in [2.75, 3.05) is 36.5 Å². The van der Waals surface area contributed by atoms with E-state index in [1.807, 2.05) is 18.7 Å². The van der Waals surface area contributed by atoms with E-state index in [2.05, 4.69) is 20.6 Å². The second-order valence-electron chi connectivity index (χ2n) is 4.79. The van der Waals surface area contributed by atoms with E-state index >= 15 is 0 Å². The molecule has 2 rings (SSSR count). The Bertz CT molecular complexity index is 432. The van der Waals surface area contributed by atoms with Crippen molar-refractivity contribution in [3.05, 3.63) is 18.5 Å². The molecule has 0 aliphatic carbocycles. The van der Waals surface area contributed by atoms with Gasteiger partial charge in [0.15, 0.2) is 0 Å². The van der Waals surface area contributed by atoms with Gasteiger partial charge in [-0.1, -0.05) is 0 Å². The summed E-state index contributed by atoms with van der Waals surface area (Å²) in [6.45, 7) is 3.62. The van der Waals surface area contributed by atoms with Crippen molar-refractivity contribution in [2.24, 2.45) is 0 Å². The molecule has 1 amide bonds. The van der Waals surface area contributed by atoms with Gasteiger partial charge in [0, 0.05) is 32.1 Å². The highest BCUT2D eigenvalue weighted by molar-refractivity contribution is 7.99. The van der Waals surface area contributed by atoms with Gasteiger partial charge in [-0.2, -0.15) is 11.8 Å². The molecule has 2 heterocycles. The third-order valence-corrected chi connectivity index (χ3v) is 4.38. The van der Waals surface area contributed by atoms with Crippen LogP contribution in [0.25, 0.3) is 0 Å². The lowest BCUT2D eigenvalue weighted by atomic mass is 9.95. The highest BCUT2D eigenvalue weighted by atomic mass is 32.2. The smallest absolute Gasteiger partial charge is 0.252 e. The van der Waals surface area contributed by atoms with Crippen molar-refractivity contribution in [1.82, 2.24) is 15.3 Å². The van der Waals surface area contributed by atoms with E-state index in [4.69, 9.17) is 4.74 Å². The molecular formula is C14H22N4O2S. The standard InChI is InChI=1S/C14H22N4O2S/c1-2-20-14(4-10-21-11-5-14)12(19)15-8-9-18-13-16-6-3-7-17-13/h3,6-7H,2,4-5,8-11H2,1H3,(H,15,19)(H,16,17,18). The summed E-state index contributed by atoms with van der Waals surface area (Å²) in [5, 5.41) is 6.02. The number of aromatic nitrogens is 2. The monoisotopic (exact) mass is 310 g/mol. The molecule has 0 atom stereocenters. The topological polar surface area (TPSA) is 76.1 Å². The highest BCUT2D eigenvalue weighted by Gasteiger charge is 2.40. The quantitative estimate of drug-likeness (QED) is 0.740. The fourth-order valence-corrected chi connectivity index (χ4v) is 3.47. The van der Waals surface area contributed by atoms with Gasteiger partial charge in [-0.05, 0) is 37.3 Å². The molecule has 1 aromatic heterocycles. The molecule has 6 nitrogen and oxygen atoms in total. The number of rotatable bonds is 7. The molecule has 1 saturated heterocycles. The SMILES string of the molecule is CCOC1(C(=O)NCCNc2ncccn2)CCSCC1. The fourth-order valence-electron chi connectivity index (χ4n) is 2.32. The predicted octanol–water partition coefficient (Wildman–Crippen LogP) is 1.31. The van der Waals surface area contributed by atoms with E-state index in [1.54, 1.807) is 18.5 Å². The van der Waals surface area contributed by atoms with E-state index in [0.29, 0.717) is 25.6 Å². The van der Waals surface area contributed by atoms with Gasteiger partial charge in [-0.25, -0.2) is 9.97 Å². The highest BCUT2D eigenvalue weighted by Crippen LogP contribution is 2.30.